The standard InChI is InChI=1S/C40H26/c1-2-8-28-23-30(14-13-25(28)7-1)32-19-15-26-18-22-37-35(20-16-27-17-21-36(32)39(26)40(27)37)38-24-29-9-3-4-10-31(29)33-11-5-6-12-34(33)38/h1-16,18-24,39H,17H2. The van der Waals surface area contributed by atoms with Gasteiger partial charge in [0.2, 0.25) is 0 Å². The third-order valence-corrected chi connectivity index (χ3v) is 9.17. The Bertz CT molecular complexity index is 2180. The molecule has 0 bridgehead atoms. The van der Waals surface area contributed by atoms with Crippen LogP contribution in [0.5, 0.6) is 0 Å². The molecule has 0 heterocycles. The van der Waals surface area contributed by atoms with Gasteiger partial charge in [-0.05, 0) is 101 Å². The molecular weight excluding hydrogens is 480 g/mol. The highest BCUT2D eigenvalue weighted by Gasteiger charge is 2.34. The van der Waals surface area contributed by atoms with Crippen LogP contribution in [0.25, 0.3) is 55.1 Å². The molecule has 0 fully saturated rings. The molecule has 0 saturated carbocycles. The van der Waals surface area contributed by atoms with Gasteiger partial charge in [-0.1, -0.05) is 127 Å². The largest absolute Gasteiger partial charge is 0.0753 e. The fraction of sp³-hybridized carbons (Fsp3) is 0.0500. The SMILES string of the molecule is C1=Cc2c(-c3cc4ccccc4c4ccccc34)ccc3c2C2C1=CC=C(c1ccc4ccccc4c1)C2=CC3. The first-order valence-corrected chi connectivity index (χ1v) is 14.2. The topological polar surface area (TPSA) is 0 Å². The smallest absolute Gasteiger partial charge is 0.0352 e. The summed E-state index contributed by atoms with van der Waals surface area (Å²) in [5.41, 5.74) is 12.5. The van der Waals surface area contributed by atoms with Crippen molar-refractivity contribution < 1.29 is 0 Å². The minimum absolute atomic E-state index is 0.280. The Morgan fingerprint density at radius 3 is 2.23 bits per heavy atom. The second kappa shape index (κ2) is 8.28. The Labute approximate surface area is 233 Å². The Morgan fingerprint density at radius 2 is 1.32 bits per heavy atom. The molecule has 0 amide bonds. The van der Waals surface area contributed by atoms with E-state index in [1.807, 2.05) is 0 Å². The van der Waals surface area contributed by atoms with Gasteiger partial charge in [0.15, 0.2) is 0 Å². The van der Waals surface area contributed by atoms with E-state index in [1.54, 1.807) is 0 Å². The molecule has 6 aromatic carbocycles. The molecule has 1 unspecified atom stereocenters. The quantitative estimate of drug-likeness (QED) is 0.205. The van der Waals surface area contributed by atoms with Gasteiger partial charge in [0.05, 0.1) is 0 Å². The number of allylic oxidation sites excluding steroid dienone is 7. The van der Waals surface area contributed by atoms with Crippen molar-refractivity contribution in [2.45, 2.75) is 12.3 Å². The first kappa shape index (κ1) is 21.9. The number of fused-ring (bicyclic) bond motifs is 4. The molecule has 6 aromatic rings. The number of hydrogen-bond donors (Lipinski definition) is 0. The van der Waals surface area contributed by atoms with Gasteiger partial charge in [0.25, 0.3) is 0 Å². The van der Waals surface area contributed by atoms with E-state index in [0.29, 0.717) is 0 Å². The Hall–Kier alpha value is -4.94. The average Bonchev–Trinajstić information content (AvgIpc) is 3.03. The van der Waals surface area contributed by atoms with Crippen molar-refractivity contribution in [1.29, 1.82) is 0 Å². The van der Waals surface area contributed by atoms with Gasteiger partial charge >= 0.3 is 0 Å². The second-order valence-corrected chi connectivity index (χ2v) is 11.2. The average molecular weight is 507 g/mol. The summed E-state index contributed by atoms with van der Waals surface area (Å²) < 4.78 is 0. The van der Waals surface area contributed by atoms with E-state index in [0.717, 1.165) is 6.42 Å². The third-order valence-electron chi connectivity index (χ3n) is 9.17. The first-order chi connectivity index (χ1) is 19.8. The van der Waals surface area contributed by atoms with Gasteiger partial charge in [-0.2, -0.15) is 0 Å². The van der Waals surface area contributed by atoms with E-state index >= 15 is 0 Å². The Balaban J connectivity index is 1.25. The van der Waals surface area contributed by atoms with Crippen molar-refractivity contribution in [3.05, 3.63) is 167 Å². The summed E-state index contributed by atoms with van der Waals surface area (Å²) in [6.07, 6.45) is 12.9. The summed E-state index contributed by atoms with van der Waals surface area (Å²) in [6, 6.07) is 40.4. The van der Waals surface area contributed by atoms with Crippen LogP contribution in [-0.4, -0.2) is 0 Å². The van der Waals surface area contributed by atoms with E-state index in [1.165, 1.54) is 82.4 Å². The Kier molecular flexibility index (Phi) is 4.54. The molecule has 0 aromatic heterocycles. The van der Waals surface area contributed by atoms with Crippen LogP contribution in [0.2, 0.25) is 0 Å². The lowest BCUT2D eigenvalue weighted by atomic mass is 9.67. The van der Waals surface area contributed by atoms with E-state index < -0.39 is 0 Å². The van der Waals surface area contributed by atoms with Crippen molar-refractivity contribution in [3.63, 3.8) is 0 Å². The van der Waals surface area contributed by atoms with Crippen LogP contribution in [-0.2, 0) is 6.42 Å². The van der Waals surface area contributed by atoms with Gasteiger partial charge in [0, 0.05) is 5.92 Å². The molecule has 0 aliphatic heterocycles. The lowest BCUT2D eigenvalue weighted by Crippen LogP contribution is -2.20. The lowest BCUT2D eigenvalue weighted by Gasteiger charge is -2.36. The fourth-order valence-electron chi connectivity index (χ4n) is 7.32. The molecule has 0 N–H and O–H groups in total. The van der Waals surface area contributed by atoms with Crippen LogP contribution in [0.15, 0.2) is 145 Å². The molecule has 186 valence electrons. The maximum atomic E-state index is 2.48. The van der Waals surface area contributed by atoms with Crippen LogP contribution in [0.1, 0.15) is 28.2 Å². The molecule has 3 aliphatic carbocycles. The van der Waals surface area contributed by atoms with Crippen LogP contribution in [0.4, 0.5) is 0 Å². The molecule has 0 nitrogen and oxygen atoms in total. The van der Waals surface area contributed by atoms with Crippen LogP contribution < -0.4 is 0 Å². The number of benzene rings is 6. The molecule has 0 spiro atoms. The first-order valence-electron chi connectivity index (χ1n) is 14.2. The van der Waals surface area contributed by atoms with Gasteiger partial charge in [0.1, 0.15) is 0 Å². The maximum absolute atomic E-state index is 2.48. The summed E-state index contributed by atoms with van der Waals surface area (Å²) in [7, 11) is 0. The molecule has 0 radical (unpaired) electrons. The normalized spacial score (nSPS) is 17.0. The zero-order valence-corrected chi connectivity index (χ0v) is 22.1. The highest BCUT2D eigenvalue weighted by atomic mass is 14.4. The fourth-order valence-corrected chi connectivity index (χ4v) is 7.32. The van der Waals surface area contributed by atoms with Crippen molar-refractivity contribution in [2.24, 2.45) is 0 Å². The third kappa shape index (κ3) is 3.08. The molecule has 3 aliphatic rings. The molecule has 40 heavy (non-hydrogen) atoms. The summed E-state index contributed by atoms with van der Waals surface area (Å²) in [6.45, 7) is 0. The van der Waals surface area contributed by atoms with Crippen LogP contribution in [0, 0.1) is 0 Å². The molecule has 0 saturated heterocycles. The van der Waals surface area contributed by atoms with Crippen molar-refractivity contribution >= 4 is 44.0 Å². The van der Waals surface area contributed by atoms with Gasteiger partial charge in [-0.25, -0.2) is 0 Å². The van der Waals surface area contributed by atoms with E-state index in [9.17, 15) is 0 Å². The van der Waals surface area contributed by atoms with Gasteiger partial charge < -0.3 is 0 Å². The molecule has 1 atom stereocenters. The second-order valence-electron chi connectivity index (χ2n) is 11.2. The minimum Gasteiger partial charge on any atom is -0.0753 e. The zero-order valence-electron chi connectivity index (χ0n) is 22.1. The van der Waals surface area contributed by atoms with Gasteiger partial charge in [-0.15, -0.1) is 0 Å². The zero-order chi connectivity index (χ0) is 26.2. The van der Waals surface area contributed by atoms with Crippen molar-refractivity contribution in [1.82, 2.24) is 0 Å². The number of rotatable bonds is 2. The molecule has 0 heteroatoms. The highest BCUT2D eigenvalue weighted by molar-refractivity contribution is 6.14. The highest BCUT2D eigenvalue weighted by Crippen LogP contribution is 2.52. The monoisotopic (exact) mass is 506 g/mol. The van der Waals surface area contributed by atoms with E-state index in [-0.39, 0.29) is 5.92 Å². The number of hydrogen-bond acceptors (Lipinski definition) is 0. The summed E-state index contributed by atoms with van der Waals surface area (Å²) >= 11 is 0. The predicted molar refractivity (Wildman–Crippen MR) is 170 cm³/mol. The lowest BCUT2D eigenvalue weighted by molar-refractivity contribution is 0.899. The summed E-state index contributed by atoms with van der Waals surface area (Å²) in [5.74, 6) is 0.280. The predicted octanol–water partition coefficient (Wildman–Crippen LogP) is 10.4. The van der Waals surface area contributed by atoms with Crippen LogP contribution in [0.3, 0.4) is 0 Å². The summed E-state index contributed by atoms with van der Waals surface area (Å²) in [5, 5.41) is 7.83. The van der Waals surface area contributed by atoms with Crippen molar-refractivity contribution in [3.8, 4) is 11.1 Å². The van der Waals surface area contributed by atoms with Crippen LogP contribution >= 0.6 is 0 Å². The minimum atomic E-state index is 0.280. The van der Waals surface area contributed by atoms with Gasteiger partial charge in [-0.3, -0.25) is 0 Å². The summed E-state index contributed by atoms with van der Waals surface area (Å²) in [4.78, 5) is 0. The van der Waals surface area contributed by atoms with Crippen molar-refractivity contribution in [2.75, 3.05) is 0 Å². The molecule has 9 rings (SSSR count). The van der Waals surface area contributed by atoms with E-state index in [2.05, 4.69) is 140 Å². The van der Waals surface area contributed by atoms with E-state index in [4.69, 9.17) is 0 Å². The molecular formula is C40H26. The maximum Gasteiger partial charge on any atom is 0.0352 e. The Morgan fingerprint density at radius 1 is 0.550 bits per heavy atom.